The molecule has 1 saturated carbocycles. The van der Waals surface area contributed by atoms with Crippen molar-refractivity contribution in [2.75, 3.05) is 14.2 Å². The fourth-order valence-corrected chi connectivity index (χ4v) is 3.92. The van der Waals surface area contributed by atoms with Gasteiger partial charge in [-0.05, 0) is 50.1 Å². The monoisotopic (exact) mass is 253 g/mol. The van der Waals surface area contributed by atoms with Crippen LogP contribution in [0.25, 0.3) is 0 Å². The van der Waals surface area contributed by atoms with Gasteiger partial charge in [0, 0.05) is 12.0 Å². The summed E-state index contributed by atoms with van der Waals surface area (Å²) in [6.07, 6.45) is 4.87. The number of methoxy groups -OCH3 is 1. The third-order valence-corrected chi connectivity index (χ3v) is 5.11. The molecular weight excluding hydrogens is 230 g/mol. The largest absolute Gasteiger partial charge is 0.376 e. The molecule has 1 N–H and O–H groups in total. The van der Waals surface area contributed by atoms with Crippen LogP contribution in [0.3, 0.4) is 0 Å². The van der Waals surface area contributed by atoms with Crippen LogP contribution in [0.4, 0.5) is 0 Å². The number of ether oxygens (including phenoxy) is 1. The standard InChI is InChI=1S/C14H23NOS/c1-11-6-8-14(16-3,9-7-11)13(15-2)12-5-4-10-17-12/h4-5,10-11,13,15H,6-9H2,1-3H3. The molecule has 1 aromatic heterocycles. The minimum absolute atomic E-state index is 0.00782. The Hall–Kier alpha value is -0.380. The summed E-state index contributed by atoms with van der Waals surface area (Å²) in [5.41, 5.74) is -0.00782. The molecule has 96 valence electrons. The Morgan fingerprint density at radius 3 is 2.65 bits per heavy atom. The van der Waals surface area contributed by atoms with Crippen molar-refractivity contribution in [2.45, 2.75) is 44.2 Å². The average Bonchev–Trinajstić information content (AvgIpc) is 2.86. The quantitative estimate of drug-likeness (QED) is 0.885. The topological polar surface area (TPSA) is 21.3 Å². The van der Waals surface area contributed by atoms with Gasteiger partial charge in [-0.15, -0.1) is 11.3 Å². The summed E-state index contributed by atoms with van der Waals surface area (Å²) in [5, 5.41) is 5.61. The van der Waals surface area contributed by atoms with Gasteiger partial charge in [-0.25, -0.2) is 0 Å². The van der Waals surface area contributed by atoms with E-state index in [0.717, 1.165) is 18.8 Å². The maximum atomic E-state index is 5.95. The molecule has 2 rings (SSSR count). The van der Waals surface area contributed by atoms with Crippen LogP contribution in [0.2, 0.25) is 0 Å². The number of hydrogen-bond donors (Lipinski definition) is 1. The van der Waals surface area contributed by atoms with Gasteiger partial charge in [0.2, 0.25) is 0 Å². The van der Waals surface area contributed by atoms with E-state index in [2.05, 4.69) is 29.8 Å². The zero-order valence-corrected chi connectivity index (χ0v) is 11.8. The molecule has 0 aliphatic heterocycles. The lowest BCUT2D eigenvalue weighted by Gasteiger charge is -2.43. The van der Waals surface area contributed by atoms with Crippen molar-refractivity contribution in [3.8, 4) is 0 Å². The summed E-state index contributed by atoms with van der Waals surface area (Å²) in [5.74, 6) is 0.846. The first-order valence-electron chi connectivity index (χ1n) is 6.47. The van der Waals surface area contributed by atoms with Gasteiger partial charge in [-0.1, -0.05) is 13.0 Å². The van der Waals surface area contributed by atoms with Crippen LogP contribution in [0.1, 0.15) is 43.5 Å². The minimum atomic E-state index is -0.00782. The van der Waals surface area contributed by atoms with Crippen LogP contribution in [-0.2, 0) is 4.74 Å². The summed E-state index contributed by atoms with van der Waals surface area (Å²) < 4.78 is 5.95. The molecule has 0 radical (unpaired) electrons. The molecule has 1 aliphatic carbocycles. The van der Waals surface area contributed by atoms with Gasteiger partial charge < -0.3 is 10.1 Å². The van der Waals surface area contributed by atoms with Crippen molar-refractivity contribution in [3.05, 3.63) is 22.4 Å². The normalized spacial score (nSPS) is 31.4. The second-order valence-electron chi connectivity index (χ2n) is 5.19. The second kappa shape index (κ2) is 5.51. The lowest BCUT2D eigenvalue weighted by atomic mass is 9.75. The number of thiophene rings is 1. The third kappa shape index (κ3) is 2.56. The summed E-state index contributed by atoms with van der Waals surface area (Å²) in [6, 6.07) is 4.67. The van der Waals surface area contributed by atoms with Crippen LogP contribution >= 0.6 is 11.3 Å². The van der Waals surface area contributed by atoms with Crippen LogP contribution < -0.4 is 5.32 Å². The first-order valence-corrected chi connectivity index (χ1v) is 7.35. The molecule has 0 spiro atoms. The first-order chi connectivity index (χ1) is 8.22. The van der Waals surface area contributed by atoms with Crippen molar-refractivity contribution >= 4 is 11.3 Å². The van der Waals surface area contributed by atoms with Crippen molar-refractivity contribution in [2.24, 2.45) is 5.92 Å². The molecule has 1 aliphatic rings. The van der Waals surface area contributed by atoms with E-state index in [1.165, 1.54) is 17.7 Å². The molecule has 1 heterocycles. The molecule has 3 heteroatoms. The molecular formula is C14H23NOS. The highest BCUT2D eigenvalue weighted by Crippen LogP contribution is 2.43. The Labute approximate surface area is 108 Å². The summed E-state index contributed by atoms with van der Waals surface area (Å²) in [6.45, 7) is 2.35. The zero-order valence-electron chi connectivity index (χ0n) is 11.0. The molecule has 1 atom stereocenters. The molecule has 2 nitrogen and oxygen atoms in total. The number of likely N-dealkylation sites (N-methyl/N-ethyl adjacent to an activating group) is 1. The van der Waals surface area contributed by atoms with Gasteiger partial charge in [-0.3, -0.25) is 0 Å². The highest BCUT2D eigenvalue weighted by molar-refractivity contribution is 7.10. The predicted octanol–water partition coefficient (Wildman–Crippen LogP) is 3.60. The highest BCUT2D eigenvalue weighted by atomic mass is 32.1. The Morgan fingerprint density at radius 2 is 2.18 bits per heavy atom. The van der Waals surface area contributed by atoms with Gasteiger partial charge in [0.05, 0.1) is 11.6 Å². The first kappa shape index (κ1) is 13.1. The fraction of sp³-hybridized carbons (Fsp3) is 0.714. The molecule has 1 fully saturated rings. The maximum absolute atomic E-state index is 5.95. The van der Waals surface area contributed by atoms with E-state index in [9.17, 15) is 0 Å². The molecule has 1 unspecified atom stereocenters. The summed E-state index contributed by atoms with van der Waals surface area (Å²) in [4.78, 5) is 1.39. The molecule has 0 bridgehead atoms. The summed E-state index contributed by atoms with van der Waals surface area (Å²) >= 11 is 1.82. The molecule has 0 amide bonds. The van der Waals surface area contributed by atoms with E-state index < -0.39 is 0 Å². The van der Waals surface area contributed by atoms with Crippen molar-refractivity contribution in [3.63, 3.8) is 0 Å². The Kier molecular flexibility index (Phi) is 4.23. The van der Waals surface area contributed by atoms with Gasteiger partial charge in [-0.2, -0.15) is 0 Å². The molecule has 1 aromatic rings. The lowest BCUT2D eigenvalue weighted by Crippen LogP contribution is -2.46. The van der Waals surface area contributed by atoms with E-state index in [4.69, 9.17) is 4.74 Å². The number of nitrogens with one attached hydrogen (secondary N) is 1. The Morgan fingerprint density at radius 1 is 1.47 bits per heavy atom. The van der Waals surface area contributed by atoms with E-state index in [-0.39, 0.29) is 5.60 Å². The van der Waals surface area contributed by atoms with Crippen LogP contribution in [0, 0.1) is 5.92 Å². The van der Waals surface area contributed by atoms with Gasteiger partial charge in [0.1, 0.15) is 0 Å². The summed E-state index contributed by atoms with van der Waals surface area (Å²) in [7, 11) is 3.91. The minimum Gasteiger partial charge on any atom is -0.376 e. The van der Waals surface area contributed by atoms with E-state index in [1.807, 2.05) is 25.5 Å². The fourth-order valence-electron chi connectivity index (χ4n) is 2.98. The van der Waals surface area contributed by atoms with Gasteiger partial charge in [0.25, 0.3) is 0 Å². The molecule has 0 aromatic carbocycles. The van der Waals surface area contributed by atoms with Gasteiger partial charge in [0.15, 0.2) is 0 Å². The maximum Gasteiger partial charge on any atom is 0.0880 e. The van der Waals surface area contributed by atoms with Crippen LogP contribution in [-0.4, -0.2) is 19.8 Å². The number of hydrogen-bond acceptors (Lipinski definition) is 3. The average molecular weight is 253 g/mol. The Balaban J connectivity index is 2.21. The predicted molar refractivity (Wildman–Crippen MR) is 73.5 cm³/mol. The second-order valence-corrected chi connectivity index (χ2v) is 6.17. The molecule has 17 heavy (non-hydrogen) atoms. The Bertz CT molecular complexity index is 328. The van der Waals surface area contributed by atoms with Gasteiger partial charge >= 0.3 is 0 Å². The van der Waals surface area contributed by atoms with Crippen molar-refractivity contribution < 1.29 is 4.74 Å². The van der Waals surface area contributed by atoms with Crippen molar-refractivity contribution in [1.29, 1.82) is 0 Å². The third-order valence-electron chi connectivity index (χ3n) is 4.17. The van der Waals surface area contributed by atoms with E-state index >= 15 is 0 Å². The van der Waals surface area contributed by atoms with Crippen LogP contribution in [0.15, 0.2) is 17.5 Å². The highest BCUT2D eigenvalue weighted by Gasteiger charge is 2.41. The van der Waals surface area contributed by atoms with E-state index in [0.29, 0.717) is 6.04 Å². The zero-order chi connectivity index (χ0) is 12.3. The lowest BCUT2D eigenvalue weighted by molar-refractivity contribution is -0.0737. The van der Waals surface area contributed by atoms with E-state index in [1.54, 1.807) is 0 Å². The van der Waals surface area contributed by atoms with Crippen molar-refractivity contribution in [1.82, 2.24) is 5.32 Å². The SMILES string of the molecule is CNC(c1cccs1)C1(OC)CCC(C)CC1. The number of rotatable bonds is 4. The van der Waals surface area contributed by atoms with Crippen LogP contribution in [0.5, 0.6) is 0 Å². The molecule has 0 saturated heterocycles. The smallest absolute Gasteiger partial charge is 0.0880 e.